The molecule has 0 rings (SSSR count). The van der Waals surface area contributed by atoms with Crippen molar-refractivity contribution >= 4 is 0 Å². The summed E-state index contributed by atoms with van der Waals surface area (Å²) in [6.45, 7) is 8.81. The summed E-state index contributed by atoms with van der Waals surface area (Å²) in [6, 6.07) is 0. The summed E-state index contributed by atoms with van der Waals surface area (Å²) in [7, 11) is 0. The average molecular weight is 99.2 g/mol. The molecular formula is C7H15. The summed E-state index contributed by atoms with van der Waals surface area (Å²) in [5.74, 6) is 0. The molecule has 0 spiro atoms. The van der Waals surface area contributed by atoms with Crippen LogP contribution >= 0.6 is 0 Å². The molecule has 0 amide bonds. The van der Waals surface area contributed by atoms with Gasteiger partial charge in [0.25, 0.3) is 0 Å². The van der Waals surface area contributed by atoms with Crippen molar-refractivity contribution in [2.24, 2.45) is 5.41 Å². The van der Waals surface area contributed by atoms with Crippen molar-refractivity contribution in [3.05, 3.63) is 6.42 Å². The minimum Gasteiger partial charge on any atom is -0.0649 e. The lowest BCUT2D eigenvalue weighted by Gasteiger charge is -2.18. The Kier molecular flexibility index (Phi) is 2.34. The Morgan fingerprint density at radius 3 is 1.86 bits per heavy atom. The first-order valence-electron chi connectivity index (χ1n) is 2.93. The van der Waals surface area contributed by atoms with Crippen LogP contribution in [-0.2, 0) is 0 Å². The van der Waals surface area contributed by atoms with Crippen molar-refractivity contribution < 1.29 is 0 Å². The zero-order valence-electron chi connectivity index (χ0n) is 5.78. The molecule has 0 saturated heterocycles. The van der Waals surface area contributed by atoms with E-state index in [0.717, 1.165) is 0 Å². The van der Waals surface area contributed by atoms with E-state index in [1.807, 2.05) is 0 Å². The monoisotopic (exact) mass is 99.1 g/mol. The van der Waals surface area contributed by atoms with Gasteiger partial charge in [-0.3, -0.25) is 0 Å². The molecule has 0 aliphatic carbocycles. The number of rotatable bonds is 2. The predicted octanol–water partition coefficient (Wildman–Crippen LogP) is 2.65. The van der Waals surface area contributed by atoms with Crippen LogP contribution in [0.2, 0.25) is 0 Å². The van der Waals surface area contributed by atoms with Crippen molar-refractivity contribution in [1.82, 2.24) is 0 Å². The van der Waals surface area contributed by atoms with Gasteiger partial charge in [-0.25, -0.2) is 0 Å². The Balaban J connectivity index is 3.36. The minimum absolute atomic E-state index is 0.458. The van der Waals surface area contributed by atoms with E-state index in [4.69, 9.17) is 0 Å². The quantitative estimate of drug-likeness (QED) is 0.499. The van der Waals surface area contributed by atoms with E-state index in [0.29, 0.717) is 5.41 Å². The highest BCUT2D eigenvalue weighted by atomic mass is 14.1. The fraction of sp³-hybridized carbons (Fsp3) is 0.857. The van der Waals surface area contributed by atoms with Gasteiger partial charge in [0.15, 0.2) is 0 Å². The van der Waals surface area contributed by atoms with Crippen LogP contribution in [0.15, 0.2) is 0 Å². The number of hydrogen-bond donors (Lipinski definition) is 0. The van der Waals surface area contributed by atoms with Crippen LogP contribution in [0.5, 0.6) is 0 Å². The maximum absolute atomic E-state index is 2.24. The fourth-order valence-corrected chi connectivity index (χ4v) is 0.204. The molecule has 0 bridgehead atoms. The Bertz CT molecular complexity index is 38.0. The lowest BCUT2D eigenvalue weighted by Crippen LogP contribution is -2.06. The third-order valence-electron chi connectivity index (χ3n) is 1.69. The van der Waals surface area contributed by atoms with Crippen LogP contribution in [0.1, 0.15) is 34.1 Å². The molecule has 0 saturated carbocycles. The Labute approximate surface area is 46.9 Å². The van der Waals surface area contributed by atoms with Crippen LogP contribution < -0.4 is 0 Å². The molecule has 1 radical (unpaired) electrons. The highest BCUT2D eigenvalue weighted by molar-refractivity contribution is 4.78. The van der Waals surface area contributed by atoms with Crippen molar-refractivity contribution in [2.75, 3.05) is 0 Å². The summed E-state index contributed by atoms with van der Waals surface area (Å²) >= 11 is 0. The second-order valence-corrected chi connectivity index (χ2v) is 2.63. The summed E-state index contributed by atoms with van der Waals surface area (Å²) in [4.78, 5) is 0. The standard InChI is InChI=1S/C7H15/c1-5-7(3,4)6-2/h5H,6H2,1-4H3. The molecule has 0 aliphatic rings. The highest BCUT2D eigenvalue weighted by Crippen LogP contribution is 2.21. The largest absolute Gasteiger partial charge is 0.0649 e. The zero-order valence-corrected chi connectivity index (χ0v) is 5.78. The van der Waals surface area contributed by atoms with Gasteiger partial charge in [0, 0.05) is 0 Å². The second-order valence-electron chi connectivity index (χ2n) is 2.63. The number of hydrogen-bond acceptors (Lipinski definition) is 0. The molecule has 0 aliphatic heterocycles. The minimum atomic E-state index is 0.458. The second kappa shape index (κ2) is 2.34. The van der Waals surface area contributed by atoms with Crippen LogP contribution in [-0.4, -0.2) is 0 Å². The van der Waals surface area contributed by atoms with E-state index >= 15 is 0 Å². The maximum Gasteiger partial charge on any atom is -0.0328 e. The van der Waals surface area contributed by atoms with E-state index in [9.17, 15) is 0 Å². The van der Waals surface area contributed by atoms with Crippen LogP contribution in [0, 0.1) is 11.8 Å². The van der Waals surface area contributed by atoms with Gasteiger partial charge in [-0.15, -0.1) is 0 Å². The SMILES string of the molecule is C[CH]C(C)(C)CC. The van der Waals surface area contributed by atoms with E-state index < -0.39 is 0 Å². The van der Waals surface area contributed by atoms with Gasteiger partial charge in [-0.05, 0) is 11.8 Å². The predicted molar refractivity (Wildman–Crippen MR) is 34.0 cm³/mol. The van der Waals surface area contributed by atoms with Crippen LogP contribution in [0.25, 0.3) is 0 Å². The molecular weight excluding hydrogens is 84.1 g/mol. The van der Waals surface area contributed by atoms with Gasteiger partial charge in [-0.1, -0.05) is 34.1 Å². The van der Waals surface area contributed by atoms with Crippen molar-refractivity contribution in [3.63, 3.8) is 0 Å². The van der Waals surface area contributed by atoms with Gasteiger partial charge in [0.05, 0.1) is 0 Å². The topological polar surface area (TPSA) is 0 Å². The molecule has 0 unspecified atom stereocenters. The van der Waals surface area contributed by atoms with Gasteiger partial charge < -0.3 is 0 Å². The Morgan fingerprint density at radius 2 is 1.86 bits per heavy atom. The smallest absolute Gasteiger partial charge is 0.0328 e. The van der Waals surface area contributed by atoms with E-state index in [1.54, 1.807) is 0 Å². The third-order valence-corrected chi connectivity index (χ3v) is 1.69. The van der Waals surface area contributed by atoms with Gasteiger partial charge in [-0.2, -0.15) is 0 Å². The molecule has 0 aromatic heterocycles. The Hall–Kier alpha value is 0. The van der Waals surface area contributed by atoms with Gasteiger partial charge >= 0.3 is 0 Å². The maximum atomic E-state index is 2.24. The van der Waals surface area contributed by atoms with E-state index in [2.05, 4.69) is 34.1 Å². The van der Waals surface area contributed by atoms with Crippen LogP contribution in [0.3, 0.4) is 0 Å². The zero-order chi connectivity index (χ0) is 5.91. The molecule has 0 heterocycles. The van der Waals surface area contributed by atoms with Crippen molar-refractivity contribution in [2.45, 2.75) is 34.1 Å². The van der Waals surface area contributed by atoms with Crippen LogP contribution in [0.4, 0.5) is 0 Å². The first kappa shape index (κ1) is 7.00. The molecule has 0 aromatic carbocycles. The molecule has 0 fully saturated rings. The molecule has 0 nitrogen and oxygen atoms in total. The third kappa shape index (κ3) is 2.67. The molecule has 7 heavy (non-hydrogen) atoms. The summed E-state index contributed by atoms with van der Waals surface area (Å²) in [5.41, 5.74) is 0.458. The molecule has 0 aromatic rings. The van der Waals surface area contributed by atoms with Gasteiger partial charge in [0.2, 0.25) is 0 Å². The Morgan fingerprint density at radius 1 is 1.43 bits per heavy atom. The highest BCUT2D eigenvalue weighted by Gasteiger charge is 2.10. The lowest BCUT2D eigenvalue weighted by molar-refractivity contribution is 0.422. The molecule has 0 atom stereocenters. The summed E-state index contributed by atoms with van der Waals surface area (Å²) < 4.78 is 0. The first-order valence-corrected chi connectivity index (χ1v) is 2.93. The summed E-state index contributed by atoms with van der Waals surface area (Å²) in [5, 5.41) is 0. The molecule has 43 valence electrons. The average Bonchev–Trinajstić information content (AvgIpc) is 1.68. The molecule has 0 N–H and O–H groups in total. The van der Waals surface area contributed by atoms with E-state index in [1.165, 1.54) is 6.42 Å². The first-order chi connectivity index (χ1) is 3.12. The van der Waals surface area contributed by atoms with Crippen molar-refractivity contribution in [3.8, 4) is 0 Å². The van der Waals surface area contributed by atoms with Gasteiger partial charge in [0.1, 0.15) is 0 Å². The normalized spacial score (nSPS) is 12.0. The van der Waals surface area contributed by atoms with E-state index in [-0.39, 0.29) is 0 Å². The van der Waals surface area contributed by atoms with Crippen molar-refractivity contribution in [1.29, 1.82) is 0 Å². The molecule has 0 heteroatoms. The lowest BCUT2D eigenvalue weighted by atomic mass is 9.88. The summed E-state index contributed by atoms with van der Waals surface area (Å²) in [6.07, 6.45) is 3.48. The fourth-order valence-electron chi connectivity index (χ4n) is 0.204.